The van der Waals surface area contributed by atoms with E-state index in [1.165, 1.54) is 0 Å². The number of aryl methyl sites for hydroxylation is 2. The maximum absolute atomic E-state index is 13.2. The lowest BCUT2D eigenvalue weighted by molar-refractivity contribution is -0.143. The summed E-state index contributed by atoms with van der Waals surface area (Å²) in [6.45, 7) is 6.84. The molecule has 0 aromatic heterocycles. The third-order valence-corrected chi connectivity index (χ3v) is 6.83. The molecule has 198 valence electrons. The Kier molecular flexibility index (Phi) is 8.79. The molecular weight excluding hydrogens is 478 g/mol. The van der Waals surface area contributed by atoms with Crippen molar-refractivity contribution in [1.82, 2.24) is 0 Å². The third-order valence-electron chi connectivity index (χ3n) is 6.83. The molecule has 0 fully saturated rings. The molecule has 1 unspecified atom stereocenters. The van der Waals surface area contributed by atoms with E-state index in [0.717, 1.165) is 46.5 Å². The molecule has 1 atom stereocenters. The highest BCUT2D eigenvalue weighted by Crippen LogP contribution is 2.32. The first-order valence-electron chi connectivity index (χ1n) is 13.2. The molecular formula is C31H35N3O4. The van der Waals surface area contributed by atoms with Crippen LogP contribution in [-0.2, 0) is 27.2 Å². The number of para-hydroxylation sites is 1. The minimum atomic E-state index is -0.316. The highest BCUT2D eigenvalue weighted by molar-refractivity contribution is 6.00. The van der Waals surface area contributed by atoms with E-state index in [-0.39, 0.29) is 30.2 Å². The molecule has 0 radical (unpaired) electrons. The van der Waals surface area contributed by atoms with Gasteiger partial charge in [0, 0.05) is 23.6 Å². The number of carbonyl (C=O) groups is 3. The van der Waals surface area contributed by atoms with Crippen molar-refractivity contribution >= 4 is 35.0 Å². The average molecular weight is 514 g/mol. The van der Waals surface area contributed by atoms with Crippen LogP contribution in [0.15, 0.2) is 66.7 Å². The van der Waals surface area contributed by atoms with Crippen molar-refractivity contribution in [3.63, 3.8) is 0 Å². The molecule has 7 nitrogen and oxygen atoms in total. The minimum Gasteiger partial charge on any atom is -0.466 e. The minimum absolute atomic E-state index is 0.0382. The van der Waals surface area contributed by atoms with Crippen molar-refractivity contribution in [3.8, 4) is 0 Å². The van der Waals surface area contributed by atoms with Crippen LogP contribution in [0.2, 0.25) is 0 Å². The molecule has 0 saturated carbocycles. The van der Waals surface area contributed by atoms with E-state index in [0.29, 0.717) is 25.3 Å². The predicted octanol–water partition coefficient (Wildman–Crippen LogP) is 6.22. The summed E-state index contributed by atoms with van der Waals surface area (Å²) in [6, 6.07) is 20.8. The van der Waals surface area contributed by atoms with E-state index in [1.54, 1.807) is 12.1 Å². The van der Waals surface area contributed by atoms with Crippen LogP contribution in [0, 0.1) is 6.92 Å². The Balaban J connectivity index is 1.36. The Morgan fingerprint density at radius 1 is 1.00 bits per heavy atom. The van der Waals surface area contributed by atoms with Crippen LogP contribution in [0.4, 0.5) is 21.9 Å². The topological polar surface area (TPSA) is 87.7 Å². The second kappa shape index (κ2) is 12.4. The number of benzene rings is 3. The highest BCUT2D eigenvalue weighted by Gasteiger charge is 2.24. The number of urea groups is 1. The second-order valence-corrected chi connectivity index (χ2v) is 9.72. The number of nitrogens with zero attached hydrogens (tertiary/aromatic N) is 1. The first-order valence-corrected chi connectivity index (χ1v) is 13.2. The normalized spacial score (nSPS) is 13.3. The van der Waals surface area contributed by atoms with Crippen molar-refractivity contribution in [2.45, 2.75) is 52.4 Å². The fourth-order valence-electron chi connectivity index (χ4n) is 4.74. The van der Waals surface area contributed by atoms with Gasteiger partial charge >= 0.3 is 12.0 Å². The fourth-order valence-corrected chi connectivity index (χ4v) is 4.74. The summed E-state index contributed by atoms with van der Waals surface area (Å²) in [6.07, 6.45) is 2.42. The number of amides is 3. The Labute approximate surface area is 224 Å². The molecule has 1 heterocycles. The van der Waals surface area contributed by atoms with Crippen molar-refractivity contribution in [3.05, 3.63) is 89.0 Å². The number of anilines is 3. The number of ether oxygens (including phenoxy) is 1. The van der Waals surface area contributed by atoms with Crippen LogP contribution in [0.1, 0.15) is 54.9 Å². The number of nitrogens with one attached hydrogen (secondary N) is 2. The van der Waals surface area contributed by atoms with Crippen LogP contribution in [-0.4, -0.2) is 31.1 Å². The smallest absolute Gasteiger partial charge is 0.323 e. The summed E-state index contributed by atoms with van der Waals surface area (Å²) in [5.41, 5.74) is 6.44. The lowest BCUT2D eigenvalue weighted by atomic mass is 9.92. The number of rotatable bonds is 8. The molecule has 3 amide bonds. The van der Waals surface area contributed by atoms with Gasteiger partial charge in [-0.2, -0.15) is 0 Å². The molecule has 1 aliphatic heterocycles. The molecule has 3 aromatic carbocycles. The number of hydrogen-bond acceptors (Lipinski definition) is 4. The van der Waals surface area contributed by atoms with Gasteiger partial charge in [-0.25, -0.2) is 4.79 Å². The quantitative estimate of drug-likeness (QED) is 0.350. The summed E-state index contributed by atoms with van der Waals surface area (Å²) in [7, 11) is 0. The molecule has 0 bridgehead atoms. The summed E-state index contributed by atoms with van der Waals surface area (Å²) < 4.78 is 5.09. The lowest BCUT2D eigenvalue weighted by Crippen LogP contribution is -2.36. The van der Waals surface area contributed by atoms with Crippen LogP contribution in [0.25, 0.3) is 0 Å². The van der Waals surface area contributed by atoms with Crippen molar-refractivity contribution < 1.29 is 19.1 Å². The van der Waals surface area contributed by atoms with E-state index in [9.17, 15) is 14.4 Å². The SMILES string of the molecule is CCOC(=O)CC(C)c1ccc2c(c1)CCCN2C(=O)Cc1ccc(NC(=O)Nc2ccccc2C)cc1. The Morgan fingerprint density at radius 3 is 2.50 bits per heavy atom. The van der Waals surface area contributed by atoms with E-state index in [2.05, 4.69) is 16.7 Å². The van der Waals surface area contributed by atoms with Gasteiger partial charge in [0.15, 0.2) is 0 Å². The lowest BCUT2D eigenvalue weighted by Gasteiger charge is -2.30. The van der Waals surface area contributed by atoms with Gasteiger partial charge in [0.1, 0.15) is 0 Å². The monoisotopic (exact) mass is 513 g/mol. The predicted molar refractivity (Wildman–Crippen MR) is 151 cm³/mol. The summed E-state index contributed by atoms with van der Waals surface area (Å²) in [5, 5.41) is 5.68. The van der Waals surface area contributed by atoms with Gasteiger partial charge in [0.2, 0.25) is 5.91 Å². The van der Waals surface area contributed by atoms with Crippen LogP contribution < -0.4 is 15.5 Å². The molecule has 4 rings (SSSR count). The van der Waals surface area contributed by atoms with E-state index in [4.69, 9.17) is 4.74 Å². The maximum Gasteiger partial charge on any atom is 0.323 e. The Hall–Kier alpha value is -4.13. The average Bonchev–Trinajstić information content (AvgIpc) is 2.90. The zero-order valence-corrected chi connectivity index (χ0v) is 22.3. The van der Waals surface area contributed by atoms with E-state index < -0.39 is 0 Å². The summed E-state index contributed by atoms with van der Waals surface area (Å²) in [4.78, 5) is 39.4. The molecule has 1 aliphatic rings. The maximum atomic E-state index is 13.2. The Bertz CT molecular complexity index is 1300. The highest BCUT2D eigenvalue weighted by atomic mass is 16.5. The van der Waals surface area contributed by atoms with E-state index >= 15 is 0 Å². The zero-order chi connectivity index (χ0) is 27.1. The molecule has 38 heavy (non-hydrogen) atoms. The summed E-state index contributed by atoms with van der Waals surface area (Å²) >= 11 is 0. The third kappa shape index (κ3) is 6.79. The molecule has 7 heteroatoms. The van der Waals surface area contributed by atoms with Crippen LogP contribution in [0.5, 0.6) is 0 Å². The van der Waals surface area contributed by atoms with Gasteiger partial charge in [0.05, 0.1) is 19.4 Å². The second-order valence-electron chi connectivity index (χ2n) is 9.72. The number of carbonyl (C=O) groups excluding carboxylic acids is 3. The van der Waals surface area contributed by atoms with Gasteiger partial charge in [0.25, 0.3) is 0 Å². The molecule has 0 aliphatic carbocycles. The van der Waals surface area contributed by atoms with Gasteiger partial charge in [-0.3, -0.25) is 9.59 Å². The molecule has 0 saturated heterocycles. The molecule has 0 spiro atoms. The van der Waals surface area contributed by atoms with Crippen LogP contribution >= 0.6 is 0 Å². The number of esters is 1. The number of hydrogen-bond donors (Lipinski definition) is 2. The first-order chi connectivity index (χ1) is 18.3. The summed E-state index contributed by atoms with van der Waals surface area (Å²) in [5.74, 6) is -0.102. The standard InChI is InChI=1S/C31H35N3O4/c1-4-38-30(36)18-22(3)24-13-16-28-25(20-24)9-7-17-34(28)29(35)19-23-11-14-26(15-12-23)32-31(37)33-27-10-6-5-8-21(27)2/h5-6,8,10-16,20,22H,4,7,9,17-19H2,1-3H3,(H2,32,33,37). The van der Waals surface area contributed by atoms with Crippen molar-refractivity contribution in [2.24, 2.45) is 0 Å². The van der Waals surface area contributed by atoms with Crippen molar-refractivity contribution in [2.75, 3.05) is 28.7 Å². The molecule has 3 aromatic rings. The van der Waals surface area contributed by atoms with Crippen molar-refractivity contribution in [1.29, 1.82) is 0 Å². The van der Waals surface area contributed by atoms with Gasteiger partial charge < -0.3 is 20.3 Å². The molecule has 2 N–H and O–H groups in total. The van der Waals surface area contributed by atoms with Gasteiger partial charge in [-0.1, -0.05) is 49.4 Å². The van der Waals surface area contributed by atoms with Gasteiger partial charge in [-0.15, -0.1) is 0 Å². The Morgan fingerprint density at radius 2 is 1.76 bits per heavy atom. The van der Waals surface area contributed by atoms with Crippen LogP contribution in [0.3, 0.4) is 0 Å². The largest absolute Gasteiger partial charge is 0.466 e. The van der Waals surface area contributed by atoms with E-state index in [1.807, 2.05) is 74.2 Å². The zero-order valence-electron chi connectivity index (χ0n) is 22.3. The number of fused-ring (bicyclic) bond motifs is 1. The first kappa shape index (κ1) is 26.9. The van der Waals surface area contributed by atoms with Gasteiger partial charge in [-0.05, 0) is 79.1 Å². The fraction of sp³-hybridized carbons (Fsp3) is 0.323.